The average Bonchev–Trinajstić information content (AvgIpc) is 3.03. The van der Waals surface area contributed by atoms with Crippen LogP contribution in [-0.2, 0) is 19.1 Å². The van der Waals surface area contributed by atoms with Gasteiger partial charge < -0.3 is 23.7 Å². The molecule has 0 aliphatic heterocycles. The van der Waals surface area contributed by atoms with Crippen molar-refractivity contribution >= 4 is 17.7 Å². The molecule has 0 radical (unpaired) electrons. The number of Topliss-reactive ketones (excluding diaryl/α,β-unsaturated/α-hetero) is 1. The Balaban J connectivity index is 1.79. The first-order valence-corrected chi connectivity index (χ1v) is 15.4. The highest BCUT2D eigenvalue weighted by Crippen LogP contribution is 2.33. The smallest absolute Gasteiger partial charge is 0.310 e. The molecule has 9 nitrogen and oxygen atoms in total. The van der Waals surface area contributed by atoms with Gasteiger partial charge in [-0.2, -0.15) is 0 Å². The number of rotatable bonds is 17. The van der Waals surface area contributed by atoms with Gasteiger partial charge in [-0.1, -0.05) is 70.2 Å². The van der Waals surface area contributed by atoms with Crippen LogP contribution in [0.1, 0.15) is 71.3 Å². The molecule has 3 rings (SSSR count). The fraction of sp³-hybridized carbons (Fsp3) is 0.444. The van der Waals surface area contributed by atoms with E-state index in [1.54, 1.807) is 0 Å². The van der Waals surface area contributed by atoms with Gasteiger partial charge in [-0.15, -0.1) is 0 Å². The molecular formula is C36H45NO8. The predicted molar refractivity (Wildman–Crippen MR) is 171 cm³/mol. The Morgan fingerprint density at radius 1 is 0.889 bits per heavy atom. The third kappa shape index (κ3) is 9.80. The fourth-order valence-corrected chi connectivity index (χ4v) is 5.19. The van der Waals surface area contributed by atoms with Crippen molar-refractivity contribution in [1.82, 2.24) is 4.98 Å². The van der Waals surface area contributed by atoms with E-state index in [4.69, 9.17) is 23.7 Å². The van der Waals surface area contributed by atoms with E-state index in [0.29, 0.717) is 5.75 Å². The highest BCUT2D eigenvalue weighted by atomic mass is 16.7. The summed E-state index contributed by atoms with van der Waals surface area (Å²) in [5.74, 6) is -1.31. The summed E-state index contributed by atoms with van der Waals surface area (Å²) in [6.07, 6.45) is 1.94. The van der Waals surface area contributed by atoms with Gasteiger partial charge in [0.15, 0.2) is 23.0 Å². The number of carbonyl (C=O) groups excluding carboxylic acids is 3. The summed E-state index contributed by atoms with van der Waals surface area (Å²) in [5, 5.41) is 0. The van der Waals surface area contributed by atoms with Crippen molar-refractivity contribution in [2.45, 2.75) is 73.0 Å². The van der Waals surface area contributed by atoms with Gasteiger partial charge in [-0.05, 0) is 54.9 Å². The first-order valence-electron chi connectivity index (χ1n) is 15.4. The number of methoxy groups -OCH3 is 1. The lowest BCUT2D eigenvalue weighted by Crippen LogP contribution is -2.41. The second-order valence-corrected chi connectivity index (χ2v) is 11.3. The van der Waals surface area contributed by atoms with Crippen molar-refractivity contribution < 1.29 is 38.1 Å². The van der Waals surface area contributed by atoms with Crippen LogP contribution in [0.3, 0.4) is 0 Å². The van der Waals surface area contributed by atoms with Crippen molar-refractivity contribution in [3.63, 3.8) is 0 Å². The first kappa shape index (κ1) is 35.1. The molecule has 0 aliphatic carbocycles. The van der Waals surface area contributed by atoms with E-state index in [1.807, 2.05) is 75.4 Å². The van der Waals surface area contributed by atoms with Crippen LogP contribution in [0.5, 0.6) is 17.2 Å². The van der Waals surface area contributed by atoms with Crippen LogP contribution in [0.15, 0.2) is 66.9 Å². The Morgan fingerprint density at radius 3 is 2.20 bits per heavy atom. The Hall–Kier alpha value is -4.40. The number of hydrogen-bond acceptors (Lipinski definition) is 9. The minimum atomic E-state index is -0.752. The van der Waals surface area contributed by atoms with Crippen molar-refractivity contribution in [3.05, 3.63) is 72.6 Å². The standard InChI is InChI=1S/C36H45NO8/c1-8-26(9-2)34(45-29-17-13-16-28(20-29)27-14-11-10-12-15-27)24(5)44-36(40)30(23(3)4)21-31(39)33-35(43-22-42-25(6)38)32(41-7)18-19-37-33/h10-20,23-24,26,30,34H,8-9,21-22H2,1-7H3/t24-,30-,34-/m0/s1. The van der Waals surface area contributed by atoms with Crippen molar-refractivity contribution in [1.29, 1.82) is 0 Å². The lowest BCUT2D eigenvalue weighted by atomic mass is 9.89. The summed E-state index contributed by atoms with van der Waals surface area (Å²) >= 11 is 0. The molecule has 3 atom stereocenters. The number of carbonyl (C=O) groups is 3. The maximum atomic E-state index is 13.6. The average molecular weight is 620 g/mol. The monoisotopic (exact) mass is 619 g/mol. The number of nitrogens with zero attached hydrogens (tertiary/aromatic N) is 1. The summed E-state index contributed by atoms with van der Waals surface area (Å²) in [6, 6.07) is 19.5. The lowest BCUT2D eigenvalue weighted by Gasteiger charge is -2.32. The molecule has 45 heavy (non-hydrogen) atoms. The molecule has 0 aliphatic rings. The fourth-order valence-electron chi connectivity index (χ4n) is 5.19. The van der Waals surface area contributed by atoms with Gasteiger partial charge in [-0.3, -0.25) is 14.4 Å². The zero-order valence-electron chi connectivity index (χ0n) is 27.3. The first-order chi connectivity index (χ1) is 21.6. The summed E-state index contributed by atoms with van der Waals surface area (Å²) in [7, 11) is 1.42. The Bertz CT molecular complexity index is 1400. The van der Waals surface area contributed by atoms with Crippen molar-refractivity contribution in [2.75, 3.05) is 13.9 Å². The molecule has 0 saturated carbocycles. The number of benzene rings is 2. The van der Waals surface area contributed by atoms with Crippen LogP contribution in [0.4, 0.5) is 0 Å². The number of esters is 2. The third-order valence-electron chi connectivity index (χ3n) is 7.82. The summed E-state index contributed by atoms with van der Waals surface area (Å²) in [5.41, 5.74) is 2.09. The quantitative estimate of drug-likeness (QED) is 0.0872. The molecule has 0 saturated heterocycles. The van der Waals surface area contributed by atoms with E-state index < -0.39 is 42.6 Å². The van der Waals surface area contributed by atoms with E-state index in [1.165, 1.54) is 26.3 Å². The van der Waals surface area contributed by atoms with Gasteiger partial charge in [0.25, 0.3) is 0 Å². The second kappa shape index (κ2) is 17.2. The van der Waals surface area contributed by atoms with Crippen LogP contribution in [0.25, 0.3) is 11.1 Å². The second-order valence-electron chi connectivity index (χ2n) is 11.3. The molecule has 1 aromatic heterocycles. The SMILES string of the molecule is CCC(CC)[C@@H](Oc1cccc(-c2ccccc2)c1)[C@H](C)OC(=O)[C@@H](CC(=O)c1nccc(OC)c1OCOC(C)=O)C(C)C. The maximum absolute atomic E-state index is 13.6. The van der Waals surface area contributed by atoms with Crippen molar-refractivity contribution in [3.8, 4) is 28.4 Å². The van der Waals surface area contributed by atoms with Crippen LogP contribution < -0.4 is 14.2 Å². The minimum absolute atomic E-state index is 0.0236. The van der Waals surface area contributed by atoms with Crippen LogP contribution in [0.2, 0.25) is 0 Å². The largest absolute Gasteiger partial charge is 0.493 e. The van der Waals surface area contributed by atoms with E-state index in [0.717, 1.165) is 24.0 Å². The van der Waals surface area contributed by atoms with Gasteiger partial charge in [0, 0.05) is 25.6 Å². The number of pyridine rings is 1. The molecule has 0 fully saturated rings. The molecule has 0 bridgehead atoms. The minimum Gasteiger partial charge on any atom is -0.493 e. The van der Waals surface area contributed by atoms with E-state index in [2.05, 4.69) is 18.8 Å². The zero-order chi connectivity index (χ0) is 32.9. The molecule has 0 amide bonds. The number of aromatic nitrogens is 1. The summed E-state index contributed by atoms with van der Waals surface area (Å²) in [6.45, 7) is 10.6. The van der Waals surface area contributed by atoms with Crippen LogP contribution >= 0.6 is 0 Å². The highest BCUT2D eigenvalue weighted by molar-refractivity contribution is 5.99. The van der Waals surface area contributed by atoms with E-state index in [9.17, 15) is 14.4 Å². The molecule has 2 aromatic carbocycles. The molecular weight excluding hydrogens is 574 g/mol. The topological polar surface area (TPSA) is 110 Å². The van der Waals surface area contributed by atoms with Gasteiger partial charge in [0.1, 0.15) is 18.0 Å². The highest BCUT2D eigenvalue weighted by Gasteiger charge is 2.35. The molecule has 0 unspecified atom stereocenters. The molecule has 9 heteroatoms. The molecule has 0 N–H and O–H groups in total. The van der Waals surface area contributed by atoms with E-state index in [-0.39, 0.29) is 35.4 Å². The zero-order valence-corrected chi connectivity index (χ0v) is 27.3. The van der Waals surface area contributed by atoms with Gasteiger partial charge in [0.2, 0.25) is 6.79 Å². The molecule has 3 aromatic rings. The Labute approximate surface area is 266 Å². The number of ketones is 1. The third-order valence-corrected chi connectivity index (χ3v) is 7.82. The van der Waals surface area contributed by atoms with Crippen LogP contribution in [-0.4, -0.2) is 48.8 Å². The Kier molecular flexibility index (Phi) is 13.4. The lowest BCUT2D eigenvalue weighted by molar-refractivity contribution is -0.161. The molecule has 0 spiro atoms. The van der Waals surface area contributed by atoms with Gasteiger partial charge >= 0.3 is 11.9 Å². The summed E-state index contributed by atoms with van der Waals surface area (Å²) < 4.78 is 28.4. The van der Waals surface area contributed by atoms with Crippen LogP contribution in [0, 0.1) is 17.8 Å². The number of hydrogen-bond donors (Lipinski definition) is 0. The van der Waals surface area contributed by atoms with Gasteiger partial charge in [0.05, 0.1) is 13.0 Å². The molecule has 242 valence electrons. The number of ether oxygens (including phenoxy) is 5. The Morgan fingerprint density at radius 2 is 1.58 bits per heavy atom. The van der Waals surface area contributed by atoms with Crippen molar-refractivity contribution in [2.24, 2.45) is 17.8 Å². The normalized spacial score (nSPS) is 13.1. The summed E-state index contributed by atoms with van der Waals surface area (Å²) in [4.78, 5) is 42.6. The maximum Gasteiger partial charge on any atom is 0.310 e. The predicted octanol–water partition coefficient (Wildman–Crippen LogP) is 7.32. The molecule has 1 heterocycles. The van der Waals surface area contributed by atoms with Gasteiger partial charge in [-0.25, -0.2) is 4.98 Å². The van der Waals surface area contributed by atoms with E-state index >= 15 is 0 Å².